The van der Waals surface area contributed by atoms with Gasteiger partial charge in [0.1, 0.15) is 11.4 Å². The van der Waals surface area contributed by atoms with Gasteiger partial charge in [0, 0.05) is 5.56 Å². The number of epoxide rings is 1. The molecule has 1 unspecified atom stereocenters. The Morgan fingerprint density at radius 1 is 0.760 bits per heavy atom. The van der Waals surface area contributed by atoms with Gasteiger partial charge in [-0.1, -0.05) is 92.2 Å². The van der Waals surface area contributed by atoms with Crippen molar-refractivity contribution >= 4 is 0 Å². The monoisotopic (exact) mass is 330 g/mol. The Morgan fingerprint density at radius 2 is 1.28 bits per heavy atom. The molecule has 3 aromatic rings. The van der Waals surface area contributed by atoms with Crippen molar-refractivity contribution in [2.24, 2.45) is 0 Å². The largest absolute Gasteiger partial charge is 0.508 e. The summed E-state index contributed by atoms with van der Waals surface area (Å²) >= 11 is 0. The summed E-state index contributed by atoms with van der Waals surface area (Å²) in [6, 6.07) is 28.2. The van der Waals surface area contributed by atoms with E-state index in [4.69, 9.17) is 4.74 Å². The third-order valence-corrected chi connectivity index (χ3v) is 5.16. The summed E-state index contributed by atoms with van der Waals surface area (Å²) in [5.41, 5.74) is 2.00. The minimum Gasteiger partial charge on any atom is -0.508 e. The molecule has 0 radical (unpaired) electrons. The van der Waals surface area contributed by atoms with Crippen molar-refractivity contribution in [3.05, 3.63) is 102 Å². The maximum absolute atomic E-state index is 10.6. The van der Waals surface area contributed by atoms with Crippen LogP contribution < -0.4 is 0 Å². The average Bonchev–Trinajstić information content (AvgIpc) is 3.34. The molecule has 1 atom stereocenters. The molecule has 126 valence electrons. The van der Waals surface area contributed by atoms with E-state index >= 15 is 0 Å². The summed E-state index contributed by atoms with van der Waals surface area (Å²) in [6.07, 6.45) is 1.81. The lowest BCUT2D eigenvalue weighted by Gasteiger charge is -2.22. The van der Waals surface area contributed by atoms with E-state index in [0.717, 1.165) is 29.5 Å². The van der Waals surface area contributed by atoms with Gasteiger partial charge in [0.05, 0.1) is 0 Å². The van der Waals surface area contributed by atoms with E-state index in [2.05, 4.69) is 31.2 Å². The first-order valence-electron chi connectivity index (χ1n) is 8.84. The Hall–Kier alpha value is -2.58. The molecule has 1 N–H and O–H groups in total. The summed E-state index contributed by atoms with van der Waals surface area (Å²) < 4.78 is 6.61. The Morgan fingerprint density at radius 3 is 1.80 bits per heavy atom. The normalized spacial score (nSPS) is 21.0. The fourth-order valence-electron chi connectivity index (χ4n) is 4.11. The molecule has 2 nitrogen and oxygen atoms in total. The third kappa shape index (κ3) is 2.29. The summed E-state index contributed by atoms with van der Waals surface area (Å²) in [7, 11) is 0. The van der Waals surface area contributed by atoms with Crippen molar-refractivity contribution in [1.29, 1.82) is 0 Å². The van der Waals surface area contributed by atoms with Gasteiger partial charge in [-0.2, -0.15) is 0 Å². The highest BCUT2D eigenvalue weighted by Crippen LogP contribution is 2.68. The van der Waals surface area contributed by atoms with Gasteiger partial charge in [-0.25, -0.2) is 0 Å². The molecule has 0 saturated carbocycles. The lowest BCUT2D eigenvalue weighted by molar-refractivity contribution is 0.262. The molecular weight excluding hydrogens is 308 g/mol. The molecule has 0 aliphatic carbocycles. The molecule has 0 bridgehead atoms. The number of ether oxygens (including phenoxy) is 1. The van der Waals surface area contributed by atoms with E-state index in [1.807, 2.05) is 54.6 Å². The van der Waals surface area contributed by atoms with Crippen LogP contribution in [0.5, 0.6) is 5.75 Å². The third-order valence-electron chi connectivity index (χ3n) is 5.16. The van der Waals surface area contributed by atoms with Crippen molar-refractivity contribution in [3.63, 3.8) is 0 Å². The van der Waals surface area contributed by atoms with E-state index in [0.29, 0.717) is 5.75 Å². The summed E-state index contributed by atoms with van der Waals surface area (Å²) in [6.45, 7) is 2.16. The van der Waals surface area contributed by atoms with Crippen LogP contribution in [0.25, 0.3) is 0 Å². The number of phenolic OH excluding ortho intramolecular Hbond substituents is 1. The maximum Gasteiger partial charge on any atom is 0.153 e. The molecular formula is C23H22O2. The molecule has 1 aliphatic rings. The molecule has 2 heteroatoms. The lowest BCUT2D eigenvalue weighted by atomic mass is 9.75. The number of aromatic hydroxyl groups is 1. The molecule has 4 rings (SSSR count). The average molecular weight is 330 g/mol. The predicted molar refractivity (Wildman–Crippen MR) is 99.4 cm³/mol. The van der Waals surface area contributed by atoms with E-state index in [1.165, 1.54) is 0 Å². The van der Waals surface area contributed by atoms with Gasteiger partial charge in [-0.3, -0.25) is 0 Å². The van der Waals surface area contributed by atoms with Gasteiger partial charge >= 0.3 is 0 Å². The summed E-state index contributed by atoms with van der Waals surface area (Å²) in [5.74, 6) is 0.296. The molecule has 1 aliphatic heterocycles. The lowest BCUT2D eigenvalue weighted by Crippen LogP contribution is -2.24. The number of benzene rings is 3. The zero-order valence-electron chi connectivity index (χ0n) is 14.4. The Kier molecular flexibility index (Phi) is 3.85. The van der Waals surface area contributed by atoms with Crippen LogP contribution in [0.2, 0.25) is 0 Å². The Balaban J connectivity index is 1.96. The van der Waals surface area contributed by atoms with Crippen LogP contribution in [0, 0.1) is 0 Å². The molecule has 1 heterocycles. The van der Waals surface area contributed by atoms with Gasteiger partial charge in [0.15, 0.2) is 5.60 Å². The number of rotatable bonds is 5. The van der Waals surface area contributed by atoms with E-state index in [1.54, 1.807) is 6.07 Å². The van der Waals surface area contributed by atoms with Crippen molar-refractivity contribution in [2.45, 2.75) is 31.0 Å². The second kappa shape index (κ2) is 6.05. The summed E-state index contributed by atoms with van der Waals surface area (Å²) in [4.78, 5) is 0. The fourth-order valence-corrected chi connectivity index (χ4v) is 4.11. The highest BCUT2D eigenvalue weighted by Gasteiger charge is 2.72. The predicted octanol–water partition coefficient (Wildman–Crippen LogP) is 5.36. The molecule has 1 fully saturated rings. The first kappa shape index (κ1) is 15.9. The van der Waals surface area contributed by atoms with Crippen LogP contribution in [0.1, 0.15) is 36.5 Å². The van der Waals surface area contributed by atoms with Crippen molar-refractivity contribution in [2.75, 3.05) is 0 Å². The Bertz CT molecular complexity index is 818. The first-order chi connectivity index (χ1) is 12.2. The van der Waals surface area contributed by atoms with Crippen molar-refractivity contribution in [3.8, 4) is 5.75 Å². The second-order valence-corrected chi connectivity index (χ2v) is 6.61. The minimum absolute atomic E-state index is 0.296. The molecule has 0 aromatic heterocycles. The topological polar surface area (TPSA) is 32.8 Å². The highest BCUT2D eigenvalue weighted by molar-refractivity contribution is 5.54. The van der Waals surface area contributed by atoms with Crippen LogP contribution in [-0.2, 0) is 15.9 Å². The van der Waals surface area contributed by atoms with Crippen molar-refractivity contribution < 1.29 is 9.84 Å². The quantitative estimate of drug-likeness (QED) is 0.639. The van der Waals surface area contributed by atoms with E-state index in [-0.39, 0.29) is 0 Å². The van der Waals surface area contributed by atoms with Crippen LogP contribution in [-0.4, -0.2) is 5.11 Å². The second-order valence-electron chi connectivity index (χ2n) is 6.61. The molecule has 3 aromatic carbocycles. The summed E-state index contributed by atoms with van der Waals surface area (Å²) in [5, 5.41) is 10.6. The van der Waals surface area contributed by atoms with E-state index < -0.39 is 11.2 Å². The van der Waals surface area contributed by atoms with Gasteiger partial charge in [-0.05, 0) is 23.6 Å². The minimum atomic E-state index is -0.565. The molecule has 25 heavy (non-hydrogen) atoms. The standard InChI is InChI=1S/C23H22O2/c1-2-17-22(20-15-9-10-16-21(20)24)23(25-22,18-11-5-3-6-12-18)19-13-7-4-8-14-19/h3-16,24H,2,17H2,1H3. The zero-order valence-corrected chi connectivity index (χ0v) is 14.4. The molecule has 1 saturated heterocycles. The van der Waals surface area contributed by atoms with Crippen molar-refractivity contribution in [1.82, 2.24) is 0 Å². The number of phenols is 1. The van der Waals surface area contributed by atoms with Crippen LogP contribution >= 0.6 is 0 Å². The maximum atomic E-state index is 10.6. The fraction of sp³-hybridized carbons (Fsp3) is 0.217. The molecule has 0 amide bonds. The first-order valence-corrected chi connectivity index (χ1v) is 8.84. The zero-order chi connectivity index (χ0) is 17.3. The highest BCUT2D eigenvalue weighted by atomic mass is 16.6. The van der Waals surface area contributed by atoms with Crippen LogP contribution in [0.3, 0.4) is 0 Å². The smallest absolute Gasteiger partial charge is 0.153 e. The Labute approximate surface area is 148 Å². The number of hydrogen-bond acceptors (Lipinski definition) is 2. The van der Waals surface area contributed by atoms with Gasteiger partial charge in [0.2, 0.25) is 0 Å². The number of para-hydroxylation sites is 1. The van der Waals surface area contributed by atoms with Crippen LogP contribution in [0.4, 0.5) is 0 Å². The van der Waals surface area contributed by atoms with Gasteiger partial charge in [-0.15, -0.1) is 0 Å². The van der Waals surface area contributed by atoms with Gasteiger partial charge < -0.3 is 9.84 Å². The van der Waals surface area contributed by atoms with Crippen LogP contribution in [0.15, 0.2) is 84.9 Å². The van der Waals surface area contributed by atoms with E-state index in [9.17, 15) is 5.11 Å². The van der Waals surface area contributed by atoms with Gasteiger partial charge in [0.25, 0.3) is 0 Å². The SMILES string of the molecule is CCCC1(c2ccccc2O)OC1(c1ccccc1)c1ccccc1. The number of hydrogen-bond donors (Lipinski definition) is 1. The molecule has 0 spiro atoms.